The van der Waals surface area contributed by atoms with Gasteiger partial charge in [-0.3, -0.25) is 0 Å². The molecule has 0 heterocycles. The van der Waals surface area contributed by atoms with E-state index in [1.807, 2.05) is 0 Å². The van der Waals surface area contributed by atoms with Crippen molar-refractivity contribution in [1.82, 2.24) is 0 Å². The Kier molecular flexibility index (Phi) is 2.72. The third-order valence-corrected chi connectivity index (χ3v) is 2.34. The van der Waals surface area contributed by atoms with Gasteiger partial charge >= 0.3 is 0 Å². The first kappa shape index (κ1) is 8.06. The third-order valence-electron chi connectivity index (χ3n) is 2.34. The first-order valence-electron chi connectivity index (χ1n) is 4.38. The van der Waals surface area contributed by atoms with Crippen LogP contribution in [0.5, 0.6) is 0 Å². The van der Waals surface area contributed by atoms with Crippen LogP contribution in [0.3, 0.4) is 0 Å². The molecule has 1 saturated carbocycles. The molecule has 1 N–H and O–H groups in total. The maximum absolute atomic E-state index is 9.40. The molecule has 1 aliphatic rings. The van der Waals surface area contributed by atoms with E-state index in [4.69, 9.17) is 0 Å². The average Bonchev–Trinajstić information content (AvgIpc) is 2.64. The van der Waals surface area contributed by atoms with E-state index in [0.29, 0.717) is 5.92 Å². The largest absolute Gasteiger partial charge is 0.393 e. The molecule has 1 nitrogen and oxygen atoms in total. The minimum Gasteiger partial charge on any atom is -0.393 e. The molecule has 1 aliphatic carbocycles. The summed E-state index contributed by atoms with van der Waals surface area (Å²) >= 11 is 0. The zero-order valence-electron chi connectivity index (χ0n) is 7.01. The van der Waals surface area contributed by atoms with Crippen LogP contribution < -0.4 is 0 Å². The van der Waals surface area contributed by atoms with Crippen LogP contribution in [0.15, 0.2) is 0 Å². The Morgan fingerprint density at radius 1 is 1.40 bits per heavy atom. The van der Waals surface area contributed by atoms with Gasteiger partial charge in [0.1, 0.15) is 0 Å². The van der Waals surface area contributed by atoms with Crippen molar-refractivity contribution in [3.63, 3.8) is 0 Å². The molecule has 0 aromatic rings. The highest BCUT2D eigenvalue weighted by Crippen LogP contribution is 2.34. The first-order valence-corrected chi connectivity index (χ1v) is 4.38. The van der Waals surface area contributed by atoms with Crippen molar-refractivity contribution in [2.24, 2.45) is 11.8 Å². The van der Waals surface area contributed by atoms with E-state index in [9.17, 15) is 5.11 Å². The Hall–Kier alpha value is -0.0400. The molecule has 60 valence electrons. The Labute approximate surface area is 63.4 Å². The summed E-state index contributed by atoms with van der Waals surface area (Å²) in [7, 11) is 0. The number of aliphatic hydroxyl groups is 1. The van der Waals surface area contributed by atoms with Gasteiger partial charge in [0.05, 0.1) is 6.10 Å². The molecule has 1 atom stereocenters. The van der Waals surface area contributed by atoms with Crippen LogP contribution in [-0.2, 0) is 0 Å². The molecule has 1 rings (SSSR count). The van der Waals surface area contributed by atoms with E-state index < -0.39 is 0 Å². The predicted molar refractivity (Wildman–Crippen MR) is 42.8 cm³/mol. The highest BCUT2D eigenvalue weighted by molar-refractivity contribution is 4.74. The van der Waals surface area contributed by atoms with Gasteiger partial charge in [-0.25, -0.2) is 0 Å². The summed E-state index contributed by atoms with van der Waals surface area (Å²) in [6.45, 7) is 4.16. The van der Waals surface area contributed by atoms with Gasteiger partial charge in [-0.1, -0.05) is 26.7 Å². The third kappa shape index (κ3) is 2.70. The molecular formula is C9H18O. The predicted octanol–water partition coefficient (Wildman–Crippen LogP) is 2.19. The van der Waals surface area contributed by atoms with Crippen molar-refractivity contribution in [2.75, 3.05) is 0 Å². The molecule has 1 unspecified atom stereocenters. The maximum Gasteiger partial charge on any atom is 0.0563 e. The van der Waals surface area contributed by atoms with Gasteiger partial charge in [0.15, 0.2) is 0 Å². The number of rotatable bonds is 4. The normalized spacial score (nSPS) is 21.6. The van der Waals surface area contributed by atoms with Gasteiger partial charge in [0.25, 0.3) is 0 Å². The molecule has 0 aromatic heterocycles. The van der Waals surface area contributed by atoms with Gasteiger partial charge in [-0.15, -0.1) is 0 Å². The molecule has 10 heavy (non-hydrogen) atoms. The molecule has 0 saturated heterocycles. The van der Waals surface area contributed by atoms with Crippen molar-refractivity contribution >= 4 is 0 Å². The fourth-order valence-corrected chi connectivity index (χ4v) is 1.15. The van der Waals surface area contributed by atoms with Gasteiger partial charge in [-0.05, 0) is 24.7 Å². The molecule has 0 bridgehead atoms. The second-order valence-corrected chi connectivity index (χ2v) is 3.83. The van der Waals surface area contributed by atoms with E-state index in [1.54, 1.807) is 0 Å². The molecule has 0 aromatic carbocycles. The Morgan fingerprint density at radius 2 is 2.00 bits per heavy atom. The lowest BCUT2D eigenvalue weighted by molar-refractivity contribution is 0.112. The minimum atomic E-state index is -0.0550. The maximum atomic E-state index is 9.40. The molecule has 1 fully saturated rings. The van der Waals surface area contributed by atoms with Crippen molar-refractivity contribution in [1.29, 1.82) is 0 Å². The highest BCUT2D eigenvalue weighted by atomic mass is 16.3. The summed E-state index contributed by atoms with van der Waals surface area (Å²) in [4.78, 5) is 0. The Balaban J connectivity index is 1.99. The smallest absolute Gasteiger partial charge is 0.0563 e. The fraction of sp³-hybridized carbons (Fsp3) is 1.00. The van der Waals surface area contributed by atoms with E-state index >= 15 is 0 Å². The van der Waals surface area contributed by atoms with Crippen molar-refractivity contribution < 1.29 is 5.11 Å². The van der Waals surface area contributed by atoms with Crippen LogP contribution in [0, 0.1) is 11.8 Å². The van der Waals surface area contributed by atoms with Gasteiger partial charge in [-0.2, -0.15) is 0 Å². The lowest BCUT2D eigenvalue weighted by atomic mass is 10.0. The van der Waals surface area contributed by atoms with Crippen LogP contribution in [0.4, 0.5) is 0 Å². The first-order chi connectivity index (χ1) is 4.70. The summed E-state index contributed by atoms with van der Waals surface area (Å²) in [5.41, 5.74) is 0. The molecule has 1 heteroatoms. The highest BCUT2D eigenvalue weighted by Gasteiger charge is 2.22. The summed E-state index contributed by atoms with van der Waals surface area (Å²) < 4.78 is 0. The molecule has 0 aliphatic heterocycles. The summed E-state index contributed by atoms with van der Waals surface area (Å²) in [5.74, 6) is 1.41. The van der Waals surface area contributed by atoms with Gasteiger partial charge in [0.2, 0.25) is 0 Å². The molecule has 0 spiro atoms. The average molecular weight is 142 g/mol. The van der Waals surface area contributed by atoms with Crippen LogP contribution in [-0.4, -0.2) is 11.2 Å². The summed E-state index contributed by atoms with van der Waals surface area (Å²) in [6, 6.07) is 0. The topological polar surface area (TPSA) is 20.2 Å². The van der Waals surface area contributed by atoms with Crippen LogP contribution in [0.2, 0.25) is 0 Å². The Bertz CT molecular complexity index is 94.9. The summed E-state index contributed by atoms with van der Waals surface area (Å²) in [6.07, 6.45) is 5.03. The minimum absolute atomic E-state index is 0.0550. The quantitative estimate of drug-likeness (QED) is 0.638. The van der Waals surface area contributed by atoms with E-state index in [2.05, 4.69) is 13.8 Å². The van der Waals surface area contributed by atoms with Crippen molar-refractivity contribution in [2.45, 2.75) is 45.6 Å². The lowest BCUT2D eigenvalue weighted by Crippen LogP contribution is -2.14. The number of hydrogen-bond donors (Lipinski definition) is 1. The second kappa shape index (κ2) is 3.38. The number of hydrogen-bond acceptors (Lipinski definition) is 1. The van der Waals surface area contributed by atoms with E-state index in [-0.39, 0.29) is 6.10 Å². The van der Waals surface area contributed by atoms with E-state index in [1.165, 1.54) is 19.3 Å². The molecule has 0 radical (unpaired) electrons. The van der Waals surface area contributed by atoms with Crippen molar-refractivity contribution in [3.05, 3.63) is 0 Å². The second-order valence-electron chi connectivity index (χ2n) is 3.83. The van der Waals surface area contributed by atoms with Crippen molar-refractivity contribution in [3.8, 4) is 0 Å². The fourth-order valence-electron chi connectivity index (χ4n) is 1.15. The zero-order valence-corrected chi connectivity index (χ0v) is 7.01. The van der Waals surface area contributed by atoms with Crippen LogP contribution >= 0.6 is 0 Å². The van der Waals surface area contributed by atoms with E-state index in [0.717, 1.165) is 12.3 Å². The molecular weight excluding hydrogens is 124 g/mol. The summed E-state index contributed by atoms with van der Waals surface area (Å²) in [5, 5.41) is 9.40. The van der Waals surface area contributed by atoms with Gasteiger partial charge < -0.3 is 5.11 Å². The number of aliphatic hydroxyl groups excluding tert-OH is 1. The Morgan fingerprint density at radius 3 is 2.40 bits per heavy atom. The van der Waals surface area contributed by atoms with Gasteiger partial charge in [0, 0.05) is 0 Å². The molecule has 0 amide bonds. The zero-order chi connectivity index (χ0) is 7.56. The SMILES string of the molecule is CC(C)C(O)CCC1CC1. The standard InChI is InChI=1S/C9H18O/c1-7(2)9(10)6-5-8-3-4-8/h7-10H,3-6H2,1-2H3. The van der Waals surface area contributed by atoms with Crippen LogP contribution in [0.25, 0.3) is 0 Å². The van der Waals surface area contributed by atoms with Crippen LogP contribution in [0.1, 0.15) is 39.5 Å². The lowest BCUT2D eigenvalue weighted by Gasteiger charge is -2.13. The monoisotopic (exact) mass is 142 g/mol.